The Balaban J connectivity index is 1.08. The van der Waals surface area contributed by atoms with E-state index < -0.39 is 0 Å². The first kappa shape index (κ1) is 44.7. The highest BCUT2D eigenvalue weighted by Gasteiger charge is 2.33. The van der Waals surface area contributed by atoms with Crippen LogP contribution in [0.3, 0.4) is 0 Å². The van der Waals surface area contributed by atoms with Crippen LogP contribution in [0.25, 0.3) is 38.8 Å². The van der Waals surface area contributed by atoms with Crippen molar-refractivity contribution in [2.75, 3.05) is 16.5 Å². The maximum atomic E-state index is 7.08. The van der Waals surface area contributed by atoms with Gasteiger partial charge in [0.15, 0.2) is 0 Å². The second-order valence-corrected chi connectivity index (χ2v) is 22.3. The molecule has 1 aliphatic heterocycles. The van der Waals surface area contributed by atoms with E-state index in [0.29, 0.717) is 6.67 Å². The van der Waals surface area contributed by atoms with Crippen LogP contribution < -0.4 is 14.5 Å². The molecule has 0 saturated carbocycles. The number of hydrogen-bond donors (Lipinski definition) is 0. The summed E-state index contributed by atoms with van der Waals surface area (Å²) in [5.74, 6) is 2.46. The van der Waals surface area contributed by atoms with Crippen molar-refractivity contribution in [1.82, 2.24) is 9.55 Å². The van der Waals surface area contributed by atoms with Crippen molar-refractivity contribution in [3.05, 3.63) is 204 Å². The summed E-state index contributed by atoms with van der Waals surface area (Å²) in [4.78, 5) is 9.94. The normalized spacial score (nSPS) is 13.4. The summed E-state index contributed by atoms with van der Waals surface area (Å²) in [6, 6.07) is 62.1. The summed E-state index contributed by atoms with van der Waals surface area (Å²) >= 11 is 0. The van der Waals surface area contributed by atoms with Gasteiger partial charge in [0, 0.05) is 45.9 Å². The number of pyridine rings is 1. The SMILES string of the molecule is CC(C)(C)c1cc(Oc2ccc3c4cc(-c5ccccc5)ccc4n(-c4cc(C(C)(C)C)ccn4)c3c2)cc(N2CN(c3cccc(C(C)(C)c4ccccc4)c3)c3ccc(C(C)(C)C)cc32)c1. The Hall–Kier alpha value is -7.11. The lowest BCUT2D eigenvalue weighted by atomic mass is 9.78. The van der Waals surface area contributed by atoms with Crippen molar-refractivity contribution in [1.29, 1.82) is 0 Å². The second-order valence-electron chi connectivity index (χ2n) is 22.3. The van der Waals surface area contributed by atoms with E-state index in [2.05, 4.69) is 260 Å². The van der Waals surface area contributed by atoms with Gasteiger partial charge in [0.2, 0.25) is 0 Å². The highest BCUT2D eigenvalue weighted by molar-refractivity contribution is 6.10. The van der Waals surface area contributed by atoms with Crippen LogP contribution in [-0.4, -0.2) is 16.2 Å². The lowest BCUT2D eigenvalue weighted by Gasteiger charge is -2.29. The largest absolute Gasteiger partial charge is 0.457 e. The second kappa shape index (κ2) is 16.6. The Labute approximate surface area is 403 Å². The van der Waals surface area contributed by atoms with Gasteiger partial charge >= 0.3 is 0 Å². The van der Waals surface area contributed by atoms with Crippen LogP contribution >= 0.6 is 0 Å². The van der Waals surface area contributed by atoms with Gasteiger partial charge in [-0.05, 0) is 128 Å². The predicted molar refractivity (Wildman–Crippen MR) is 287 cm³/mol. The van der Waals surface area contributed by atoms with Crippen molar-refractivity contribution in [2.45, 2.75) is 97.8 Å². The first-order valence-electron chi connectivity index (χ1n) is 24.1. The molecule has 1 aliphatic rings. The summed E-state index contributed by atoms with van der Waals surface area (Å²) in [5.41, 5.74) is 15.1. The molecule has 9 aromatic rings. The molecule has 0 fully saturated rings. The molecule has 7 aromatic carbocycles. The van der Waals surface area contributed by atoms with E-state index in [-0.39, 0.29) is 21.7 Å². The standard InChI is InChI=1S/C63H64N4O/c1-60(2,3)45-26-30-56-58(37-45)66(41-65(56)49-24-18-23-47(34-49)63(10,11)44-21-16-13-17-22-44)50-35-48(62(7,8)9)36-52(39-50)68-51-27-28-53-54-33-43(42-19-14-12-15-20-42)25-29-55(54)67(57(53)40-51)59-38-46(31-32-64-59)61(4,5)6/h12-40H,41H2,1-11H3. The minimum atomic E-state index is -0.168. The van der Waals surface area contributed by atoms with Crippen LogP contribution in [0.1, 0.15) is 104 Å². The Morgan fingerprint density at radius 3 is 1.79 bits per heavy atom. The molecule has 2 aromatic heterocycles. The number of benzene rings is 7. The fourth-order valence-electron chi connectivity index (χ4n) is 9.75. The van der Waals surface area contributed by atoms with Crippen LogP contribution in [0, 0.1) is 0 Å². The van der Waals surface area contributed by atoms with Crippen molar-refractivity contribution in [3.63, 3.8) is 0 Å². The average Bonchev–Trinajstić information content (AvgIpc) is 3.86. The molecule has 342 valence electrons. The maximum absolute atomic E-state index is 7.08. The molecule has 3 heterocycles. The molecular weight excluding hydrogens is 829 g/mol. The van der Waals surface area contributed by atoms with Crippen LogP contribution in [0.5, 0.6) is 11.5 Å². The molecule has 0 aliphatic carbocycles. The van der Waals surface area contributed by atoms with Gasteiger partial charge < -0.3 is 14.5 Å². The van der Waals surface area contributed by atoms with Crippen molar-refractivity contribution in [3.8, 4) is 28.4 Å². The monoisotopic (exact) mass is 893 g/mol. The highest BCUT2D eigenvalue weighted by Crippen LogP contribution is 2.49. The fourth-order valence-corrected chi connectivity index (χ4v) is 9.75. The molecule has 5 heteroatoms. The molecule has 0 radical (unpaired) electrons. The van der Waals surface area contributed by atoms with Gasteiger partial charge in [-0.2, -0.15) is 0 Å². The van der Waals surface area contributed by atoms with Crippen molar-refractivity contribution >= 4 is 44.6 Å². The number of aromatic nitrogens is 2. The first-order valence-corrected chi connectivity index (χ1v) is 24.1. The van der Waals surface area contributed by atoms with Crippen molar-refractivity contribution < 1.29 is 4.74 Å². The van der Waals surface area contributed by atoms with Crippen LogP contribution in [0.15, 0.2) is 176 Å². The van der Waals surface area contributed by atoms with Gasteiger partial charge in [-0.25, -0.2) is 4.98 Å². The summed E-state index contributed by atoms with van der Waals surface area (Å²) in [5, 5.41) is 2.32. The zero-order valence-corrected chi connectivity index (χ0v) is 41.6. The van der Waals surface area contributed by atoms with Crippen LogP contribution in [0.4, 0.5) is 22.7 Å². The van der Waals surface area contributed by atoms with E-state index in [4.69, 9.17) is 9.72 Å². The molecule has 68 heavy (non-hydrogen) atoms. The Kier molecular flexibility index (Phi) is 10.9. The summed E-state index contributed by atoms with van der Waals surface area (Å²) in [7, 11) is 0. The van der Waals surface area contributed by atoms with Crippen LogP contribution in [0.2, 0.25) is 0 Å². The number of rotatable bonds is 8. The minimum Gasteiger partial charge on any atom is -0.457 e. The van der Waals surface area contributed by atoms with E-state index in [1.807, 2.05) is 6.20 Å². The number of hydrogen-bond acceptors (Lipinski definition) is 4. The number of fused-ring (bicyclic) bond motifs is 4. The number of anilines is 4. The van der Waals surface area contributed by atoms with Gasteiger partial charge in [0.1, 0.15) is 24.0 Å². The van der Waals surface area contributed by atoms with Crippen molar-refractivity contribution in [2.24, 2.45) is 0 Å². The quantitative estimate of drug-likeness (QED) is 0.152. The Bertz CT molecular complexity index is 3320. The molecule has 0 unspecified atom stereocenters. The zero-order valence-electron chi connectivity index (χ0n) is 41.6. The number of nitrogens with zero attached hydrogens (tertiary/aromatic N) is 4. The molecule has 0 spiro atoms. The Morgan fingerprint density at radius 2 is 1.07 bits per heavy atom. The molecule has 0 atom stereocenters. The third kappa shape index (κ3) is 8.33. The molecule has 0 saturated heterocycles. The van der Waals surface area contributed by atoms with Gasteiger partial charge in [0.25, 0.3) is 0 Å². The maximum Gasteiger partial charge on any atom is 0.137 e. The molecule has 10 rings (SSSR count). The average molecular weight is 893 g/mol. The van der Waals surface area contributed by atoms with Gasteiger partial charge in [-0.1, -0.05) is 161 Å². The van der Waals surface area contributed by atoms with E-state index >= 15 is 0 Å². The zero-order chi connectivity index (χ0) is 47.8. The summed E-state index contributed by atoms with van der Waals surface area (Å²) in [6.07, 6.45) is 1.94. The lowest BCUT2D eigenvalue weighted by Crippen LogP contribution is -2.25. The van der Waals surface area contributed by atoms with Gasteiger partial charge in [0.05, 0.1) is 22.4 Å². The minimum absolute atomic E-state index is 0.0247. The lowest BCUT2D eigenvalue weighted by molar-refractivity contribution is 0.479. The third-order valence-corrected chi connectivity index (χ3v) is 14.1. The van der Waals surface area contributed by atoms with E-state index in [1.165, 1.54) is 61.4 Å². The van der Waals surface area contributed by atoms with Gasteiger partial charge in [-0.15, -0.1) is 0 Å². The Morgan fingerprint density at radius 1 is 0.412 bits per heavy atom. The summed E-state index contributed by atoms with van der Waals surface area (Å²) in [6.45, 7) is 25.8. The van der Waals surface area contributed by atoms with E-state index in [0.717, 1.165) is 39.4 Å². The molecule has 0 bridgehead atoms. The molecule has 0 N–H and O–H groups in total. The molecule has 0 amide bonds. The third-order valence-electron chi connectivity index (χ3n) is 14.1. The van der Waals surface area contributed by atoms with E-state index in [1.54, 1.807) is 0 Å². The molecule has 5 nitrogen and oxygen atoms in total. The molecular formula is C63H64N4O. The number of ether oxygens (including phenoxy) is 1. The topological polar surface area (TPSA) is 33.5 Å². The summed E-state index contributed by atoms with van der Waals surface area (Å²) < 4.78 is 9.38. The highest BCUT2D eigenvalue weighted by atomic mass is 16.5. The predicted octanol–water partition coefficient (Wildman–Crippen LogP) is 17.1. The van der Waals surface area contributed by atoms with Gasteiger partial charge in [-0.3, -0.25) is 4.57 Å². The first-order chi connectivity index (χ1) is 32.3. The van der Waals surface area contributed by atoms with E-state index in [9.17, 15) is 0 Å². The fraction of sp³-hybridized carbons (Fsp3) is 0.254. The smallest absolute Gasteiger partial charge is 0.137 e. The van der Waals surface area contributed by atoms with Crippen LogP contribution in [-0.2, 0) is 21.7 Å².